The second-order valence-corrected chi connectivity index (χ2v) is 12.5. The fourth-order valence-corrected chi connectivity index (χ4v) is 5.69. The highest BCUT2D eigenvalue weighted by atomic mass is 32.2. The van der Waals surface area contributed by atoms with E-state index in [0.29, 0.717) is 25.4 Å². The average molecular weight is 580 g/mol. The van der Waals surface area contributed by atoms with Crippen molar-refractivity contribution in [2.24, 2.45) is 5.92 Å². The molecule has 2 aromatic carbocycles. The first-order valence-corrected chi connectivity index (χ1v) is 15.2. The number of sulfonamides is 1. The number of hydrogen-bond donors (Lipinski definition) is 2. The lowest BCUT2D eigenvalue weighted by molar-refractivity contribution is -0.0137. The molecular formula is C29H42FN3O6S. The highest BCUT2D eigenvalue weighted by Gasteiger charge is 2.30. The van der Waals surface area contributed by atoms with Crippen molar-refractivity contribution in [1.82, 2.24) is 9.80 Å². The molecule has 11 heteroatoms. The van der Waals surface area contributed by atoms with E-state index < -0.39 is 21.9 Å². The lowest BCUT2D eigenvalue weighted by Gasteiger charge is -2.35. The molecule has 0 saturated carbocycles. The highest BCUT2D eigenvalue weighted by Crippen LogP contribution is 2.29. The molecule has 40 heavy (non-hydrogen) atoms. The summed E-state index contributed by atoms with van der Waals surface area (Å²) in [5.41, 5.74) is 0.341. The standard InChI is InChI=1S/C29H42FN3O6S/c1-20-17-33(21(2)19-34)29(35)26-16-24(31-40(36,37)25-12-9-23(30)10-13-25)11-14-27(26)39-22(3)8-6-7-15-38-28(20)18-32(4)5/h9-14,16,20-22,28,31,34H,6-8,15,17-19H2,1-5H3/t20-,21+,22+,28-/m0/s1. The van der Waals surface area contributed by atoms with E-state index in [1.165, 1.54) is 24.3 Å². The molecule has 1 amide bonds. The molecule has 4 atom stereocenters. The lowest BCUT2D eigenvalue weighted by Crippen LogP contribution is -2.47. The van der Waals surface area contributed by atoms with E-state index in [1.807, 2.05) is 27.9 Å². The number of likely N-dealkylation sites (N-methyl/N-ethyl adjacent to an activating group) is 1. The highest BCUT2D eigenvalue weighted by molar-refractivity contribution is 7.92. The van der Waals surface area contributed by atoms with Crippen LogP contribution in [0.4, 0.5) is 10.1 Å². The number of rotatable bonds is 7. The number of amides is 1. The Morgan fingerprint density at radius 3 is 2.50 bits per heavy atom. The first-order chi connectivity index (χ1) is 18.9. The summed E-state index contributed by atoms with van der Waals surface area (Å²) < 4.78 is 54.2. The number of aliphatic hydroxyl groups is 1. The summed E-state index contributed by atoms with van der Waals surface area (Å²) in [5.74, 6) is -0.651. The van der Waals surface area contributed by atoms with Crippen LogP contribution in [0.1, 0.15) is 50.4 Å². The molecule has 3 rings (SSSR count). The van der Waals surface area contributed by atoms with Gasteiger partial charge in [0, 0.05) is 31.3 Å². The van der Waals surface area contributed by atoms with Gasteiger partial charge in [0.25, 0.3) is 15.9 Å². The molecule has 1 aliphatic rings. The Morgan fingerprint density at radius 1 is 1.15 bits per heavy atom. The molecule has 0 unspecified atom stereocenters. The maximum atomic E-state index is 14.1. The number of benzene rings is 2. The molecule has 0 aromatic heterocycles. The van der Waals surface area contributed by atoms with Gasteiger partial charge < -0.3 is 24.4 Å². The molecule has 2 N–H and O–H groups in total. The minimum absolute atomic E-state index is 0.0493. The Hall–Kier alpha value is -2.73. The van der Waals surface area contributed by atoms with E-state index in [-0.39, 0.29) is 46.8 Å². The van der Waals surface area contributed by atoms with E-state index >= 15 is 0 Å². The van der Waals surface area contributed by atoms with Crippen LogP contribution in [0.2, 0.25) is 0 Å². The van der Waals surface area contributed by atoms with Crippen molar-refractivity contribution in [1.29, 1.82) is 0 Å². The summed E-state index contributed by atoms with van der Waals surface area (Å²) >= 11 is 0. The minimum atomic E-state index is -4.04. The number of halogens is 1. The molecule has 2 aromatic rings. The van der Waals surface area contributed by atoms with Crippen molar-refractivity contribution in [2.45, 2.75) is 63.2 Å². The van der Waals surface area contributed by atoms with Gasteiger partial charge >= 0.3 is 0 Å². The monoisotopic (exact) mass is 579 g/mol. The van der Waals surface area contributed by atoms with Gasteiger partial charge in [-0.25, -0.2) is 12.8 Å². The number of aliphatic hydroxyl groups excluding tert-OH is 1. The van der Waals surface area contributed by atoms with Crippen LogP contribution in [-0.4, -0.2) is 87.9 Å². The predicted octanol–water partition coefficient (Wildman–Crippen LogP) is 3.98. The van der Waals surface area contributed by atoms with Gasteiger partial charge in [-0.05, 0) is 89.7 Å². The molecule has 0 fully saturated rings. The smallest absolute Gasteiger partial charge is 0.261 e. The van der Waals surface area contributed by atoms with Crippen molar-refractivity contribution in [2.75, 3.05) is 45.1 Å². The van der Waals surface area contributed by atoms with Crippen LogP contribution in [0.15, 0.2) is 47.4 Å². The largest absolute Gasteiger partial charge is 0.490 e. The van der Waals surface area contributed by atoms with E-state index in [0.717, 1.165) is 31.4 Å². The third-order valence-corrected chi connectivity index (χ3v) is 8.37. The Kier molecular flexibility index (Phi) is 11.3. The zero-order chi connectivity index (χ0) is 29.4. The molecule has 0 saturated heterocycles. The van der Waals surface area contributed by atoms with Crippen LogP contribution in [0.5, 0.6) is 5.75 Å². The topological polar surface area (TPSA) is 108 Å². The molecule has 1 heterocycles. The SMILES string of the molecule is C[C@@H]1CCCCO[C@@H](CN(C)C)[C@@H](C)CN([C@H](C)CO)C(=O)c2cc(NS(=O)(=O)c3ccc(F)cc3)ccc2O1. The molecule has 0 radical (unpaired) electrons. The van der Waals surface area contributed by atoms with Crippen LogP contribution in [0.25, 0.3) is 0 Å². The summed E-state index contributed by atoms with van der Waals surface area (Å²) in [6.07, 6.45) is 2.19. The summed E-state index contributed by atoms with van der Waals surface area (Å²) in [4.78, 5) is 17.6. The van der Waals surface area contributed by atoms with Crippen LogP contribution in [0.3, 0.4) is 0 Å². The van der Waals surface area contributed by atoms with Gasteiger partial charge in [0.05, 0.1) is 35.3 Å². The van der Waals surface area contributed by atoms with Crippen molar-refractivity contribution in [3.8, 4) is 5.75 Å². The predicted molar refractivity (Wildman–Crippen MR) is 153 cm³/mol. The maximum absolute atomic E-state index is 14.1. The Morgan fingerprint density at radius 2 is 1.85 bits per heavy atom. The lowest BCUT2D eigenvalue weighted by atomic mass is 10.0. The van der Waals surface area contributed by atoms with Crippen LogP contribution in [0, 0.1) is 11.7 Å². The van der Waals surface area contributed by atoms with Crippen molar-refractivity contribution in [3.05, 3.63) is 53.8 Å². The number of hydrogen-bond acceptors (Lipinski definition) is 7. The fourth-order valence-electron chi connectivity index (χ4n) is 4.64. The van der Waals surface area contributed by atoms with E-state index in [9.17, 15) is 22.7 Å². The third kappa shape index (κ3) is 8.63. The van der Waals surface area contributed by atoms with E-state index in [1.54, 1.807) is 17.9 Å². The zero-order valence-corrected chi connectivity index (χ0v) is 24.8. The number of nitrogens with one attached hydrogen (secondary N) is 1. The second-order valence-electron chi connectivity index (χ2n) is 10.8. The molecule has 0 bridgehead atoms. The molecule has 222 valence electrons. The van der Waals surface area contributed by atoms with Crippen molar-refractivity contribution in [3.63, 3.8) is 0 Å². The van der Waals surface area contributed by atoms with Crippen LogP contribution in [-0.2, 0) is 14.8 Å². The Labute approximate surface area is 237 Å². The van der Waals surface area contributed by atoms with Gasteiger partial charge in [0.1, 0.15) is 11.6 Å². The van der Waals surface area contributed by atoms with E-state index in [4.69, 9.17) is 9.47 Å². The van der Waals surface area contributed by atoms with E-state index in [2.05, 4.69) is 9.62 Å². The molecule has 0 aliphatic carbocycles. The minimum Gasteiger partial charge on any atom is -0.490 e. The summed E-state index contributed by atoms with van der Waals surface area (Å²) in [5, 5.41) is 10.0. The van der Waals surface area contributed by atoms with Gasteiger partial charge in [-0.15, -0.1) is 0 Å². The maximum Gasteiger partial charge on any atom is 0.261 e. The number of carbonyl (C=O) groups excluding carboxylic acids is 1. The number of carbonyl (C=O) groups is 1. The van der Waals surface area contributed by atoms with Gasteiger partial charge in [0.15, 0.2) is 0 Å². The second kappa shape index (κ2) is 14.2. The van der Waals surface area contributed by atoms with Crippen molar-refractivity contribution >= 4 is 21.6 Å². The van der Waals surface area contributed by atoms with Gasteiger partial charge in [-0.3, -0.25) is 9.52 Å². The molecular weight excluding hydrogens is 537 g/mol. The number of nitrogens with zero attached hydrogens (tertiary/aromatic N) is 2. The Bertz CT molecular complexity index is 1220. The summed E-state index contributed by atoms with van der Waals surface area (Å²) in [6, 6.07) is 8.54. The average Bonchev–Trinajstić information content (AvgIpc) is 2.90. The fraction of sp³-hybridized carbons (Fsp3) is 0.552. The first kappa shape index (κ1) is 31.8. The van der Waals surface area contributed by atoms with Crippen LogP contribution < -0.4 is 9.46 Å². The molecule has 1 aliphatic heterocycles. The Balaban J connectivity index is 2.02. The first-order valence-electron chi connectivity index (χ1n) is 13.7. The third-order valence-electron chi connectivity index (χ3n) is 6.97. The molecule has 0 spiro atoms. The summed E-state index contributed by atoms with van der Waals surface area (Å²) in [6.45, 7) is 7.07. The summed E-state index contributed by atoms with van der Waals surface area (Å²) in [7, 11) is -0.0862. The quantitative estimate of drug-likeness (QED) is 0.511. The van der Waals surface area contributed by atoms with Crippen LogP contribution >= 0.6 is 0 Å². The normalized spacial score (nSPS) is 22.2. The number of ether oxygens (including phenoxy) is 2. The number of anilines is 1. The van der Waals surface area contributed by atoms with Gasteiger partial charge in [0.2, 0.25) is 0 Å². The van der Waals surface area contributed by atoms with Gasteiger partial charge in [-0.1, -0.05) is 6.92 Å². The zero-order valence-electron chi connectivity index (χ0n) is 24.0. The van der Waals surface area contributed by atoms with Gasteiger partial charge in [-0.2, -0.15) is 0 Å². The molecule has 9 nitrogen and oxygen atoms in total. The number of fused-ring (bicyclic) bond motifs is 1. The van der Waals surface area contributed by atoms with Crippen molar-refractivity contribution < 1.29 is 32.2 Å².